The van der Waals surface area contributed by atoms with Crippen molar-refractivity contribution in [2.24, 2.45) is 17.8 Å². The number of rotatable bonds is 37. The number of aromatic hydroxyl groups is 2. The number of hydrogen-bond donors (Lipinski definition) is 8. The summed E-state index contributed by atoms with van der Waals surface area (Å²) in [7, 11) is 1.75. The van der Waals surface area contributed by atoms with Crippen molar-refractivity contribution in [3.63, 3.8) is 0 Å². The summed E-state index contributed by atoms with van der Waals surface area (Å²) in [6.07, 6.45) is 11.4. The molecule has 4 aromatic heterocycles. The van der Waals surface area contributed by atoms with Crippen LogP contribution in [0, 0.1) is 17.8 Å². The van der Waals surface area contributed by atoms with Crippen molar-refractivity contribution in [3.8, 4) is 11.5 Å². The molecule has 4 amide bonds. The summed E-state index contributed by atoms with van der Waals surface area (Å²) in [5, 5.41) is 59.8. The number of amides is 4. The monoisotopic (exact) mass is 1560 g/mol. The first-order valence-electron chi connectivity index (χ1n) is 41.1. The van der Waals surface area contributed by atoms with Crippen molar-refractivity contribution < 1.29 is 58.6 Å². The summed E-state index contributed by atoms with van der Waals surface area (Å²) in [4.78, 5) is 96.4. The molecule has 4 aromatic carbocycles. The highest BCUT2D eigenvalue weighted by Gasteiger charge is 2.50. The standard InChI is InChI=1S/C86H112N14O14/c1-3-32-95(40-31-88-53-75(104)66-13-17-73(102)81-68(66)15-19-77(106)90-81)79(108)25-46-112-43-22-59-6-4-8-62(49-59)54-94-35-26-85(27-36-94)57-97(41-47-113-85)84(110)71-21-34-100(92-71)56-64-51-69(64)82(96-37-28-86(29-38-96)58-98(42-48-114-86)83(109)70-20-33-99(91-70)55-61-10-11-61)63-9-5-7-60(50-63)23-44-111-45-24-78(107)93(2)39-30-87-52-74(103)65-12-16-72(101)80-67(65)14-18-76(105)89-80/h4-9,12-21,33-34,49-50,61,64,69,74-75,82,87-88,101-104H,3,10-11,22-32,35-48,51-58H2,1-2H3,(H,89,105)(H,90,106)/t64?,69?,74-,75-,82?/m0/s1. The second-order valence-electron chi connectivity index (χ2n) is 32.2. The first-order valence-corrected chi connectivity index (χ1v) is 41.1. The molecule has 0 radical (unpaired) electrons. The van der Waals surface area contributed by atoms with Crippen molar-refractivity contribution in [3.05, 3.63) is 187 Å². The molecule has 28 heteroatoms. The Morgan fingerprint density at radius 3 is 1.73 bits per heavy atom. The Morgan fingerprint density at radius 2 is 1.15 bits per heavy atom. The van der Waals surface area contributed by atoms with Crippen LogP contribution in [0.5, 0.6) is 11.5 Å². The van der Waals surface area contributed by atoms with E-state index in [9.17, 15) is 49.2 Å². The summed E-state index contributed by atoms with van der Waals surface area (Å²) in [5.41, 5.74) is 5.84. The van der Waals surface area contributed by atoms with Crippen LogP contribution in [-0.4, -0.2) is 259 Å². The number of nitrogens with zero attached hydrogens (tertiary/aromatic N) is 10. The molecule has 8 N–H and O–H groups in total. The lowest BCUT2D eigenvalue weighted by Gasteiger charge is -2.48. The topological polar surface area (TPSA) is 331 Å². The minimum absolute atomic E-state index is 0.0147. The third-order valence-electron chi connectivity index (χ3n) is 23.9. The van der Waals surface area contributed by atoms with Crippen molar-refractivity contribution in [1.29, 1.82) is 0 Å². The predicted octanol–water partition coefficient (Wildman–Crippen LogP) is 6.72. The Kier molecular flexibility index (Phi) is 26.8. The zero-order valence-electron chi connectivity index (χ0n) is 65.8. The van der Waals surface area contributed by atoms with Crippen molar-refractivity contribution in [2.75, 3.05) is 145 Å². The first-order chi connectivity index (χ1) is 55.3. The Morgan fingerprint density at radius 1 is 0.614 bits per heavy atom. The molecule has 8 heterocycles. The van der Waals surface area contributed by atoms with Gasteiger partial charge in [0.1, 0.15) is 22.9 Å². The maximum atomic E-state index is 14.5. The molecular formula is C86H112N14O14. The molecule has 2 spiro atoms. The summed E-state index contributed by atoms with van der Waals surface area (Å²) < 4.78 is 29.3. The van der Waals surface area contributed by atoms with Gasteiger partial charge in [-0.3, -0.25) is 47.9 Å². The SMILES string of the molecule is CCCN(CCNC[C@H](O)c1ccc(O)c2[nH]c(=O)ccc12)C(=O)CCOCCc1cccc(CN2CCC3(CC2)CN(C(=O)c2ccn(CC4CC4C(c4cccc(CCOCCC(=O)N(C)CCNC[C@H](O)c5ccc(O)c6[nH]c(=O)ccc56)c4)N4CCC5(CC4)CN(C(=O)c4ccn(CC6CC6)n4)CCO5)n2)CCO3)c1. The molecule has 610 valence electrons. The number of aliphatic hydroxyl groups excluding tert-OH is 2. The number of nitrogens with one attached hydrogen (secondary N) is 4. The molecule has 4 saturated heterocycles. The van der Waals surface area contributed by atoms with Crippen molar-refractivity contribution in [1.82, 2.24) is 69.6 Å². The van der Waals surface area contributed by atoms with E-state index >= 15 is 0 Å². The van der Waals surface area contributed by atoms with Gasteiger partial charge in [-0.1, -0.05) is 67.6 Å². The number of aromatic nitrogens is 6. The molecule has 5 atom stereocenters. The van der Waals surface area contributed by atoms with Crippen molar-refractivity contribution in [2.45, 2.75) is 133 Å². The number of carbonyl (C=O) groups is 4. The average molecular weight is 1570 g/mol. The lowest BCUT2D eigenvalue weighted by Crippen LogP contribution is -2.58. The largest absolute Gasteiger partial charge is 0.506 e. The van der Waals surface area contributed by atoms with E-state index in [1.165, 1.54) is 53.8 Å². The second kappa shape index (κ2) is 37.6. The number of morpholine rings is 2. The summed E-state index contributed by atoms with van der Waals surface area (Å²) >= 11 is 0. The van der Waals surface area contributed by atoms with Crippen LogP contribution in [-0.2, 0) is 61.0 Å². The summed E-state index contributed by atoms with van der Waals surface area (Å²) in [6.45, 7) is 15.1. The highest BCUT2D eigenvalue weighted by molar-refractivity contribution is 5.93. The van der Waals surface area contributed by atoms with E-state index in [1.54, 1.807) is 36.2 Å². The van der Waals surface area contributed by atoms with E-state index in [-0.39, 0.29) is 95.9 Å². The number of piperidine rings is 2. The second-order valence-corrected chi connectivity index (χ2v) is 32.2. The number of phenolic OH excluding ortho intramolecular Hbond substituents is 2. The fraction of sp³-hybridized carbons (Fsp3) is 0.535. The number of carbonyl (C=O) groups excluding carboxylic acids is 4. The van der Waals surface area contributed by atoms with Crippen LogP contribution in [0.4, 0.5) is 0 Å². The maximum Gasteiger partial charge on any atom is 0.274 e. The smallest absolute Gasteiger partial charge is 0.274 e. The molecule has 8 aromatic rings. The normalized spacial score (nSPS) is 19.2. The van der Waals surface area contributed by atoms with Crippen LogP contribution in [0.3, 0.4) is 0 Å². The number of aliphatic hydroxyl groups is 2. The first kappa shape index (κ1) is 81.4. The van der Waals surface area contributed by atoms with Crippen molar-refractivity contribution >= 4 is 45.4 Å². The van der Waals surface area contributed by atoms with Gasteiger partial charge in [-0.15, -0.1) is 0 Å². The van der Waals surface area contributed by atoms with E-state index in [4.69, 9.17) is 24.0 Å². The van der Waals surface area contributed by atoms with E-state index in [0.717, 1.165) is 89.8 Å². The van der Waals surface area contributed by atoms with Gasteiger partial charge in [-0.05, 0) is 152 Å². The van der Waals surface area contributed by atoms with Crippen LogP contribution in [0.2, 0.25) is 0 Å². The van der Waals surface area contributed by atoms with Gasteiger partial charge in [0.2, 0.25) is 22.9 Å². The molecule has 2 saturated carbocycles. The number of phenols is 2. The number of likely N-dealkylation sites (tertiary alicyclic amines) is 2. The van der Waals surface area contributed by atoms with E-state index < -0.39 is 23.4 Å². The van der Waals surface area contributed by atoms with Gasteiger partial charge < -0.3 is 79.6 Å². The zero-order chi connectivity index (χ0) is 79.3. The molecule has 114 heavy (non-hydrogen) atoms. The minimum atomic E-state index is -0.909. The summed E-state index contributed by atoms with van der Waals surface area (Å²) in [6, 6.07) is 33.4. The van der Waals surface area contributed by atoms with Gasteiger partial charge in [0.05, 0.1) is 100 Å². The van der Waals surface area contributed by atoms with Gasteiger partial charge in [-0.25, -0.2) is 0 Å². The molecule has 3 unspecified atom stereocenters. The van der Waals surface area contributed by atoms with E-state index in [2.05, 4.69) is 84.0 Å². The zero-order valence-corrected chi connectivity index (χ0v) is 65.8. The fourth-order valence-electron chi connectivity index (χ4n) is 17.2. The molecule has 0 bridgehead atoms. The lowest BCUT2D eigenvalue weighted by molar-refractivity contribution is -0.132. The molecule has 6 aliphatic rings. The molecule has 6 fully saturated rings. The fourth-order valence-corrected chi connectivity index (χ4v) is 17.2. The molecule has 28 nitrogen and oxygen atoms in total. The van der Waals surface area contributed by atoms with Gasteiger partial charge in [-0.2, -0.15) is 10.2 Å². The Bertz CT molecular complexity index is 4730. The number of pyridine rings is 2. The van der Waals surface area contributed by atoms with Crippen LogP contribution in [0.15, 0.2) is 131 Å². The number of fused-ring (bicyclic) bond motifs is 2. The number of likely N-dealkylation sites (N-methyl/N-ethyl adjacent to an activating group) is 1. The average Bonchev–Trinajstić information content (AvgIpc) is 1.52. The third kappa shape index (κ3) is 20.7. The molecule has 2 aliphatic carbocycles. The highest BCUT2D eigenvalue weighted by atomic mass is 16.5. The highest BCUT2D eigenvalue weighted by Crippen LogP contribution is 2.52. The Hall–Kier alpha value is -9.20. The molecule has 14 rings (SSSR count). The van der Waals surface area contributed by atoms with Gasteiger partial charge in [0, 0.05) is 153 Å². The summed E-state index contributed by atoms with van der Waals surface area (Å²) in [5.74, 6) is 1.01. The van der Waals surface area contributed by atoms with Crippen LogP contribution < -0.4 is 21.8 Å². The van der Waals surface area contributed by atoms with E-state index in [0.29, 0.717) is 156 Å². The molecular weight excluding hydrogens is 1450 g/mol. The van der Waals surface area contributed by atoms with Crippen LogP contribution >= 0.6 is 0 Å². The quantitative estimate of drug-likeness (QED) is 0.0187. The lowest BCUT2D eigenvalue weighted by atomic mass is 9.86. The van der Waals surface area contributed by atoms with Crippen LogP contribution in [0.25, 0.3) is 21.8 Å². The number of benzene rings is 4. The number of hydrogen-bond acceptors (Lipinski definition) is 20. The molecule has 4 aliphatic heterocycles. The van der Waals surface area contributed by atoms with Gasteiger partial charge >= 0.3 is 0 Å². The van der Waals surface area contributed by atoms with Gasteiger partial charge in [0.15, 0.2) is 0 Å². The maximum absolute atomic E-state index is 14.5. The Balaban J connectivity index is 0.526. The predicted molar refractivity (Wildman–Crippen MR) is 430 cm³/mol. The number of H-pyrrole nitrogens is 2. The minimum Gasteiger partial charge on any atom is -0.506 e. The number of aromatic amines is 2. The van der Waals surface area contributed by atoms with E-state index in [1.807, 2.05) is 55.5 Å². The van der Waals surface area contributed by atoms with Gasteiger partial charge in [0.25, 0.3) is 11.8 Å². The van der Waals surface area contributed by atoms with Crippen LogP contribution in [0.1, 0.15) is 144 Å². The third-order valence-corrected chi connectivity index (χ3v) is 23.9. The Labute approximate surface area is 664 Å². The number of ether oxygens (including phenoxy) is 4.